The zero-order valence-electron chi connectivity index (χ0n) is 11.9. The van der Waals surface area contributed by atoms with E-state index in [4.69, 9.17) is 9.15 Å². The minimum Gasteiger partial charge on any atom is -0.461 e. The number of furan rings is 1. The molecule has 4 rings (SSSR count). The predicted octanol–water partition coefficient (Wildman–Crippen LogP) is 4.26. The second kappa shape index (κ2) is 4.44. The van der Waals surface area contributed by atoms with Gasteiger partial charge in [-0.15, -0.1) is 0 Å². The molecule has 3 nitrogen and oxygen atoms in total. The molecule has 0 N–H and O–H groups in total. The van der Waals surface area contributed by atoms with E-state index in [2.05, 4.69) is 0 Å². The predicted molar refractivity (Wildman–Crippen MR) is 79.9 cm³/mol. The Morgan fingerprint density at radius 2 is 1.95 bits per heavy atom. The number of benzene rings is 2. The molecule has 0 spiro atoms. The molecule has 0 unspecified atom stereocenters. The third-order valence-electron chi connectivity index (χ3n) is 4.31. The molecule has 1 aromatic heterocycles. The van der Waals surface area contributed by atoms with E-state index in [-0.39, 0.29) is 5.76 Å². The molecule has 0 radical (unpaired) electrons. The van der Waals surface area contributed by atoms with E-state index < -0.39 is 17.6 Å². The first-order valence-electron chi connectivity index (χ1n) is 7.03. The molecule has 0 fully saturated rings. The summed E-state index contributed by atoms with van der Waals surface area (Å²) >= 11 is 0. The van der Waals surface area contributed by atoms with Crippen LogP contribution in [-0.4, -0.2) is 12.1 Å². The van der Waals surface area contributed by atoms with E-state index in [1.807, 2.05) is 30.3 Å². The minimum absolute atomic E-state index is 0.134. The lowest BCUT2D eigenvalue weighted by Gasteiger charge is -2.23. The Bertz CT molecular complexity index is 869. The van der Waals surface area contributed by atoms with Crippen molar-refractivity contribution in [3.63, 3.8) is 0 Å². The van der Waals surface area contributed by atoms with Crippen LogP contribution in [0.4, 0.5) is 4.39 Å². The van der Waals surface area contributed by atoms with Crippen molar-refractivity contribution in [2.24, 2.45) is 0 Å². The van der Waals surface area contributed by atoms with Crippen LogP contribution >= 0.6 is 0 Å². The molecule has 2 heterocycles. The average Bonchev–Trinajstić information content (AvgIpc) is 3.15. The number of ketones is 1. The lowest BCUT2D eigenvalue weighted by atomic mass is 9.76. The smallest absolute Gasteiger partial charge is 0.255 e. The SMILES string of the molecule is C[C@@]1(C(=O)c2ccco2)c2c(ccc3ccccc23)O[C@H]1F. The van der Waals surface area contributed by atoms with Crippen molar-refractivity contribution in [1.82, 2.24) is 0 Å². The molecule has 0 aliphatic carbocycles. The lowest BCUT2D eigenvalue weighted by molar-refractivity contribution is 0.0252. The lowest BCUT2D eigenvalue weighted by Crippen LogP contribution is -2.40. The highest BCUT2D eigenvalue weighted by atomic mass is 19.1. The standard InChI is InChI=1S/C18H13FO3/c1-18(16(20)14-7-4-10-21-14)15-12-6-3-2-5-11(12)8-9-13(15)22-17(18)19/h2-10,17H,1H3/t17-,18+/m1/s1. The number of halogens is 1. The van der Waals surface area contributed by atoms with Crippen molar-refractivity contribution in [2.75, 3.05) is 0 Å². The zero-order valence-corrected chi connectivity index (χ0v) is 11.9. The third-order valence-corrected chi connectivity index (χ3v) is 4.31. The summed E-state index contributed by atoms with van der Waals surface area (Å²) in [5, 5.41) is 1.76. The van der Waals surface area contributed by atoms with Crippen LogP contribution in [0.5, 0.6) is 5.75 Å². The van der Waals surface area contributed by atoms with Crippen LogP contribution in [-0.2, 0) is 5.41 Å². The van der Waals surface area contributed by atoms with Gasteiger partial charge in [-0.3, -0.25) is 4.79 Å². The maximum absolute atomic E-state index is 14.7. The second-order valence-electron chi connectivity index (χ2n) is 5.60. The Hall–Kier alpha value is -2.62. The molecule has 22 heavy (non-hydrogen) atoms. The summed E-state index contributed by atoms with van der Waals surface area (Å²) < 4.78 is 25.1. The van der Waals surface area contributed by atoms with Gasteiger partial charge in [0.15, 0.2) is 5.76 Å². The van der Waals surface area contributed by atoms with Crippen molar-refractivity contribution < 1.29 is 18.3 Å². The fraction of sp³-hybridized carbons (Fsp3) is 0.167. The average molecular weight is 296 g/mol. The quantitative estimate of drug-likeness (QED) is 0.663. The summed E-state index contributed by atoms with van der Waals surface area (Å²) in [6.07, 6.45) is -0.338. The van der Waals surface area contributed by atoms with Gasteiger partial charge in [0.2, 0.25) is 5.78 Å². The van der Waals surface area contributed by atoms with Crippen LogP contribution in [0.2, 0.25) is 0 Å². The van der Waals surface area contributed by atoms with Gasteiger partial charge in [-0.05, 0) is 35.9 Å². The molecule has 1 aliphatic rings. The van der Waals surface area contributed by atoms with Crippen LogP contribution in [0.3, 0.4) is 0 Å². The monoisotopic (exact) mass is 296 g/mol. The highest BCUT2D eigenvalue weighted by molar-refractivity contribution is 6.06. The highest BCUT2D eigenvalue weighted by Crippen LogP contribution is 2.48. The van der Waals surface area contributed by atoms with Crippen molar-refractivity contribution in [3.05, 3.63) is 66.1 Å². The number of fused-ring (bicyclic) bond motifs is 3. The van der Waals surface area contributed by atoms with Gasteiger partial charge in [0, 0.05) is 5.56 Å². The van der Waals surface area contributed by atoms with E-state index >= 15 is 0 Å². The molecule has 2 aromatic carbocycles. The largest absolute Gasteiger partial charge is 0.461 e. The van der Waals surface area contributed by atoms with E-state index in [1.165, 1.54) is 6.26 Å². The van der Waals surface area contributed by atoms with Crippen LogP contribution in [0.25, 0.3) is 10.8 Å². The molecular formula is C18H13FO3. The van der Waals surface area contributed by atoms with Gasteiger partial charge in [-0.1, -0.05) is 30.3 Å². The van der Waals surface area contributed by atoms with Gasteiger partial charge in [0.1, 0.15) is 11.2 Å². The van der Waals surface area contributed by atoms with Crippen LogP contribution in [0.1, 0.15) is 23.0 Å². The molecule has 0 bridgehead atoms. The Morgan fingerprint density at radius 1 is 1.14 bits per heavy atom. The molecular weight excluding hydrogens is 283 g/mol. The van der Waals surface area contributed by atoms with Crippen LogP contribution in [0, 0.1) is 0 Å². The molecule has 0 saturated heterocycles. The van der Waals surface area contributed by atoms with E-state index in [9.17, 15) is 9.18 Å². The molecule has 0 saturated carbocycles. The van der Waals surface area contributed by atoms with E-state index in [0.717, 1.165) is 10.8 Å². The van der Waals surface area contributed by atoms with Gasteiger partial charge in [0.05, 0.1) is 6.26 Å². The Kier molecular flexibility index (Phi) is 2.64. The molecule has 2 atom stereocenters. The number of carbonyl (C=O) groups is 1. The summed E-state index contributed by atoms with van der Waals surface area (Å²) in [6.45, 7) is 1.57. The Labute approximate surface area is 126 Å². The Morgan fingerprint density at radius 3 is 2.73 bits per heavy atom. The molecule has 110 valence electrons. The highest BCUT2D eigenvalue weighted by Gasteiger charge is 2.53. The number of hydrogen-bond donors (Lipinski definition) is 0. The summed E-state index contributed by atoms with van der Waals surface area (Å²) in [4.78, 5) is 12.8. The zero-order chi connectivity index (χ0) is 15.3. The second-order valence-corrected chi connectivity index (χ2v) is 5.60. The van der Waals surface area contributed by atoms with Gasteiger partial charge in [0.25, 0.3) is 6.36 Å². The van der Waals surface area contributed by atoms with Crippen molar-refractivity contribution >= 4 is 16.6 Å². The van der Waals surface area contributed by atoms with Gasteiger partial charge >= 0.3 is 0 Å². The summed E-state index contributed by atoms with van der Waals surface area (Å²) in [5.74, 6) is 0.128. The van der Waals surface area contributed by atoms with Crippen LogP contribution < -0.4 is 4.74 Å². The number of rotatable bonds is 2. The summed E-state index contributed by atoms with van der Waals surface area (Å²) in [7, 11) is 0. The maximum atomic E-state index is 14.7. The van der Waals surface area contributed by atoms with Gasteiger partial charge < -0.3 is 9.15 Å². The fourth-order valence-electron chi connectivity index (χ4n) is 3.11. The van der Waals surface area contributed by atoms with Crippen molar-refractivity contribution in [1.29, 1.82) is 0 Å². The molecule has 0 amide bonds. The van der Waals surface area contributed by atoms with Crippen molar-refractivity contribution in [3.8, 4) is 5.75 Å². The number of Topliss-reactive ketones (excluding diaryl/α,β-unsaturated/α-hetero) is 1. The molecule has 1 aliphatic heterocycles. The first-order chi connectivity index (χ1) is 10.6. The Balaban J connectivity index is 2.00. The van der Waals surface area contributed by atoms with E-state index in [0.29, 0.717) is 11.3 Å². The molecule has 4 heteroatoms. The van der Waals surface area contributed by atoms with Crippen molar-refractivity contribution in [2.45, 2.75) is 18.7 Å². The maximum Gasteiger partial charge on any atom is 0.255 e. The van der Waals surface area contributed by atoms with Gasteiger partial charge in [-0.2, -0.15) is 0 Å². The van der Waals surface area contributed by atoms with Gasteiger partial charge in [-0.25, -0.2) is 4.39 Å². The summed E-state index contributed by atoms with van der Waals surface area (Å²) in [6, 6.07) is 14.3. The topological polar surface area (TPSA) is 39.4 Å². The van der Waals surface area contributed by atoms with E-state index in [1.54, 1.807) is 25.1 Å². The molecule has 3 aromatic rings. The minimum atomic E-state index is -1.74. The normalized spacial score (nSPS) is 23.3. The first-order valence-corrected chi connectivity index (χ1v) is 7.03. The number of carbonyl (C=O) groups excluding carboxylic acids is 1. The number of alkyl halides is 1. The third kappa shape index (κ3) is 1.58. The summed E-state index contributed by atoms with van der Waals surface area (Å²) in [5.41, 5.74) is -0.840. The first kappa shape index (κ1) is 13.1. The number of ether oxygens (including phenoxy) is 1. The van der Waals surface area contributed by atoms with Crippen LogP contribution in [0.15, 0.2) is 59.2 Å². The fourth-order valence-corrected chi connectivity index (χ4v) is 3.11. The number of hydrogen-bond acceptors (Lipinski definition) is 3.